The smallest absolute Gasteiger partial charge is 0.298 e. The van der Waals surface area contributed by atoms with Crippen molar-refractivity contribution in [3.8, 4) is 5.69 Å². The molecule has 1 aliphatic carbocycles. The average molecular weight is 436 g/mol. The summed E-state index contributed by atoms with van der Waals surface area (Å²) in [5.74, 6) is -4.61. The number of nitrogen functional groups attached to an aromatic ring is 1. The van der Waals surface area contributed by atoms with E-state index in [9.17, 15) is 18.4 Å². The number of rotatable bonds is 7. The Morgan fingerprint density at radius 3 is 2.61 bits per heavy atom. The van der Waals surface area contributed by atoms with E-state index in [4.69, 9.17) is 10.9 Å². The maximum atomic E-state index is 14.3. The maximum Gasteiger partial charge on any atom is 0.298 e. The van der Waals surface area contributed by atoms with Crippen molar-refractivity contribution in [1.29, 1.82) is 0 Å². The predicted octanol–water partition coefficient (Wildman–Crippen LogP) is 2.03. The summed E-state index contributed by atoms with van der Waals surface area (Å²) in [5.41, 5.74) is 9.08. The lowest BCUT2D eigenvalue weighted by Gasteiger charge is -2.33. The van der Waals surface area contributed by atoms with E-state index in [1.54, 1.807) is 26.3 Å². The monoisotopic (exact) mass is 436 g/mol. The van der Waals surface area contributed by atoms with Crippen molar-refractivity contribution in [2.75, 3.05) is 17.6 Å². The summed E-state index contributed by atoms with van der Waals surface area (Å²) in [5, 5.41) is 11.4. The van der Waals surface area contributed by atoms with Crippen LogP contribution in [0.2, 0.25) is 0 Å². The molecule has 0 aliphatic heterocycles. The Labute approximate surface area is 177 Å². The van der Waals surface area contributed by atoms with Crippen LogP contribution in [0.25, 0.3) is 5.69 Å². The highest BCUT2D eigenvalue weighted by Crippen LogP contribution is 2.39. The number of amides is 1. The van der Waals surface area contributed by atoms with Gasteiger partial charge in [-0.1, -0.05) is 6.42 Å². The van der Waals surface area contributed by atoms with E-state index in [1.165, 1.54) is 10.8 Å². The van der Waals surface area contributed by atoms with Crippen LogP contribution in [0.3, 0.4) is 0 Å². The van der Waals surface area contributed by atoms with Gasteiger partial charge in [0.2, 0.25) is 5.91 Å². The summed E-state index contributed by atoms with van der Waals surface area (Å²) in [6.45, 7) is 4.31. The first-order chi connectivity index (χ1) is 14.6. The molecule has 0 aromatic carbocycles. The summed E-state index contributed by atoms with van der Waals surface area (Å²) in [7, 11) is 0. The van der Waals surface area contributed by atoms with Gasteiger partial charge in [-0.25, -0.2) is 24.2 Å². The summed E-state index contributed by atoms with van der Waals surface area (Å²) in [4.78, 5) is 33.3. The number of hydroxylamine groups is 1. The van der Waals surface area contributed by atoms with Gasteiger partial charge in [-0.05, 0) is 44.7 Å². The second-order valence-corrected chi connectivity index (χ2v) is 7.88. The molecule has 0 bridgehead atoms. The van der Waals surface area contributed by atoms with Gasteiger partial charge in [0.05, 0.1) is 18.7 Å². The minimum Gasteiger partial charge on any atom is -0.382 e. The number of carbonyl (C=O) groups is 1. The van der Waals surface area contributed by atoms with Crippen molar-refractivity contribution in [2.24, 2.45) is 5.92 Å². The molecule has 3 rings (SSSR count). The molecule has 0 atom stereocenters. The molecule has 31 heavy (non-hydrogen) atoms. The van der Waals surface area contributed by atoms with Gasteiger partial charge in [0.15, 0.2) is 5.82 Å². The van der Waals surface area contributed by atoms with E-state index < -0.39 is 29.9 Å². The zero-order chi connectivity index (χ0) is 22.9. The number of aryl methyl sites for hydroxylation is 2. The molecule has 0 saturated heterocycles. The molecule has 1 amide bonds. The highest BCUT2D eigenvalue weighted by Gasteiger charge is 2.42. The molecule has 9 nitrogen and oxygen atoms in total. The molecule has 1 aliphatic rings. The zero-order valence-corrected chi connectivity index (χ0v) is 17.6. The van der Waals surface area contributed by atoms with Gasteiger partial charge < -0.3 is 11.1 Å². The fraction of sp³-hybridized carbons (Fsp3) is 0.500. The summed E-state index contributed by atoms with van der Waals surface area (Å²) in [6.07, 6.45) is 2.79. The molecule has 1 saturated carbocycles. The van der Waals surface area contributed by atoms with Gasteiger partial charge in [-0.15, -0.1) is 0 Å². The third-order valence-corrected chi connectivity index (χ3v) is 5.83. The summed E-state index contributed by atoms with van der Waals surface area (Å²) in [6, 6.07) is 0. The van der Waals surface area contributed by atoms with Gasteiger partial charge in [0.25, 0.3) is 11.5 Å². The number of nitrogens with one attached hydrogen (secondary N) is 2. The minimum absolute atomic E-state index is 0.00834. The zero-order valence-electron chi connectivity index (χ0n) is 17.6. The van der Waals surface area contributed by atoms with Crippen LogP contribution in [0, 0.1) is 26.7 Å². The van der Waals surface area contributed by atoms with E-state index in [1.807, 2.05) is 0 Å². The standard InChI is InChI=1S/C20H26F2N6O3/c1-10-8-24-18(25-9-20(21,22)13-5-4-6-13)19(30)28(10)16-14(7-15(29)27-31)11(2)12(3)26-17(16)23/h8,13,31H,4-7,9H2,1-3H3,(H2,23,26)(H,24,25)(H,27,29). The Hall–Kier alpha value is -3.08. The second kappa shape index (κ2) is 8.58. The van der Waals surface area contributed by atoms with E-state index >= 15 is 0 Å². The first-order valence-electron chi connectivity index (χ1n) is 9.96. The number of carbonyl (C=O) groups excluding carboxylic acids is 1. The van der Waals surface area contributed by atoms with Gasteiger partial charge in [-0.3, -0.25) is 19.4 Å². The topological polar surface area (TPSA) is 135 Å². The molecule has 168 valence electrons. The molecule has 2 aromatic heterocycles. The molecular formula is C20H26F2N6O3. The van der Waals surface area contributed by atoms with Gasteiger partial charge in [0.1, 0.15) is 5.82 Å². The Bertz CT molecular complexity index is 1070. The Morgan fingerprint density at radius 2 is 2.03 bits per heavy atom. The first-order valence-corrected chi connectivity index (χ1v) is 9.96. The van der Waals surface area contributed by atoms with E-state index in [0.717, 1.165) is 6.42 Å². The SMILES string of the molecule is Cc1nc(N)c(-n2c(C)cnc(NCC(F)(F)C3CCC3)c2=O)c(CC(=O)NO)c1C. The number of nitrogens with zero attached hydrogens (tertiary/aromatic N) is 3. The fourth-order valence-corrected chi connectivity index (χ4v) is 3.65. The molecule has 2 heterocycles. The van der Waals surface area contributed by atoms with Crippen LogP contribution in [-0.4, -0.2) is 38.1 Å². The number of nitrogens with two attached hydrogens (primary N) is 1. The number of alkyl halides is 2. The summed E-state index contributed by atoms with van der Waals surface area (Å²) >= 11 is 0. The maximum absolute atomic E-state index is 14.3. The molecule has 0 unspecified atom stereocenters. The Morgan fingerprint density at radius 1 is 1.35 bits per heavy atom. The number of hydrogen-bond acceptors (Lipinski definition) is 7. The molecule has 0 radical (unpaired) electrons. The van der Waals surface area contributed by atoms with Crippen LogP contribution in [0.15, 0.2) is 11.0 Å². The van der Waals surface area contributed by atoms with Gasteiger partial charge >= 0.3 is 0 Å². The van der Waals surface area contributed by atoms with Crippen LogP contribution in [0.4, 0.5) is 20.4 Å². The van der Waals surface area contributed by atoms with Crippen molar-refractivity contribution in [1.82, 2.24) is 20.0 Å². The summed E-state index contributed by atoms with van der Waals surface area (Å²) < 4.78 is 29.8. The van der Waals surface area contributed by atoms with Gasteiger partial charge in [0, 0.05) is 23.5 Å². The minimum atomic E-state index is -2.95. The molecular weight excluding hydrogens is 410 g/mol. The lowest BCUT2D eigenvalue weighted by molar-refractivity contribution is -0.128. The van der Waals surface area contributed by atoms with Crippen molar-refractivity contribution >= 4 is 17.5 Å². The van der Waals surface area contributed by atoms with Crippen LogP contribution in [-0.2, 0) is 11.2 Å². The first kappa shape index (κ1) is 22.6. The Kier molecular flexibility index (Phi) is 6.25. The number of hydrogen-bond donors (Lipinski definition) is 4. The van der Waals surface area contributed by atoms with Crippen LogP contribution in [0.1, 0.15) is 41.8 Å². The third kappa shape index (κ3) is 4.36. The largest absolute Gasteiger partial charge is 0.382 e. The Balaban J connectivity index is 2.07. The lowest BCUT2D eigenvalue weighted by atomic mass is 9.80. The number of aromatic nitrogens is 3. The van der Waals surface area contributed by atoms with Gasteiger partial charge in [-0.2, -0.15) is 0 Å². The number of halogens is 2. The third-order valence-electron chi connectivity index (χ3n) is 5.83. The normalized spacial score (nSPS) is 14.3. The van der Waals surface area contributed by atoms with Crippen molar-refractivity contribution in [3.05, 3.63) is 39.1 Å². The quantitative estimate of drug-likeness (QED) is 0.385. The van der Waals surface area contributed by atoms with Crippen LogP contribution >= 0.6 is 0 Å². The number of pyridine rings is 1. The fourth-order valence-electron chi connectivity index (χ4n) is 3.65. The van der Waals surface area contributed by atoms with Crippen molar-refractivity contribution in [3.63, 3.8) is 0 Å². The van der Waals surface area contributed by atoms with Crippen LogP contribution in [0.5, 0.6) is 0 Å². The van der Waals surface area contributed by atoms with E-state index in [2.05, 4.69) is 15.3 Å². The molecule has 0 spiro atoms. The lowest BCUT2D eigenvalue weighted by Crippen LogP contribution is -2.40. The van der Waals surface area contributed by atoms with Crippen molar-refractivity contribution < 1.29 is 18.8 Å². The second-order valence-electron chi connectivity index (χ2n) is 7.88. The van der Waals surface area contributed by atoms with Crippen molar-refractivity contribution in [2.45, 2.75) is 52.4 Å². The average Bonchev–Trinajstić information content (AvgIpc) is 2.65. The molecule has 1 fully saturated rings. The number of anilines is 2. The highest BCUT2D eigenvalue weighted by molar-refractivity contribution is 5.80. The van der Waals surface area contributed by atoms with E-state index in [-0.39, 0.29) is 23.7 Å². The molecule has 5 N–H and O–H groups in total. The molecule has 11 heteroatoms. The predicted molar refractivity (Wildman–Crippen MR) is 111 cm³/mol. The van der Waals surface area contributed by atoms with E-state index in [0.29, 0.717) is 35.4 Å². The highest BCUT2D eigenvalue weighted by atomic mass is 19.3. The van der Waals surface area contributed by atoms with Crippen LogP contribution < -0.4 is 22.1 Å². The molecule has 2 aromatic rings.